The Morgan fingerprint density at radius 3 is 2.86 bits per heavy atom. The first-order chi connectivity index (χ1) is 13.3. The maximum atomic E-state index is 12.4. The Morgan fingerprint density at radius 1 is 1.43 bits per heavy atom. The number of H-pyrrole nitrogens is 1. The van der Waals surface area contributed by atoms with Gasteiger partial charge in [-0.25, -0.2) is 17.7 Å². The molecule has 2 fully saturated rings. The van der Waals surface area contributed by atoms with Crippen LogP contribution in [-0.2, 0) is 20.3 Å². The number of piperidine rings is 1. The van der Waals surface area contributed by atoms with Gasteiger partial charge in [0.2, 0.25) is 10.0 Å². The summed E-state index contributed by atoms with van der Waals surface area (Å²) in [6, 6.07) is 2.00. The molecule has 2 aromatic heterocycles. The fourth-order valence-electron chi connectivity index (χ4n) is 5.85. The summed E-state index contributed by atoms with van der Waals surface area (Å²) in [6.45, 7) is 5.25. The zero-order chi connectivity index (χ0) is 19.7. The van der Waals surface area contributed by atoms with Crippen LogP contribution in [0.4, 0.5) is 0 Å². The second-order valence-corrected chi connectivity index (χ2v) is 10.8. The lowest BCUT2D eigenvalue weighted by Crippen LogP contribution is -2.62. The second kappa shape index (κ2) is 6.04. The third-order valence-electron chi connectivity index (χ3n) is 7.43. The van der Waals surface area contributed by atoms with Crippen molar-refractivity contribution in [2.24, 2.45) is 11.3 Å². The van der Waals surface area contributed by atoms with Crippen molar-refractivity contribution in [2.45, 2.75) is 45.1 Å². The Hall–Kier alpha value is -1.42. The Morgan fingerprint density at radius 2 is 2.18 bits per heavy atom. The monoisotopic (exact) mass is 403 g/mol. The van der Waals surface area contributed by atoms with Crippen LogP contribution in [0.1, 0.15) is 45.1 Å². The molecule has 1 saturated carbocycles. The third-order valence-corrected chi connectivity index (χ3v) is 9.51. The molecule has 0 aromatic carbocycles. The van der Waals surface area contributed by atoms with E-state index in [0.29, 0.717) is 19.5 Å². The van der Waals surface area contributed by atoms with Crippen LogP contribution in [0.5, 0.6) is 0 Å². The number of aromatic amines is 1. The maximum absolute atomic E-state index is 12.4. The van der Waals surface area contributed by atoms with E-state index < -0.39 is 22.7 Å². The lowest BCUT2D eigenvalue weighted by Gasteiger charge is -2.63. The summed E-state index contributed by atoms with van der Waals surface area (Å²) in [4.78, 5) is 7.55. The minimum absolute atomic E-state index is 0.0610. The maximum Gasteiger partial charge on any atom is 0.493 e. The van der Waals surface area contributed by atoms with Crippen LogP contribution in [-0.4, -0.2) is 53.7 Å². The largest absolute Gasteiger partial charge is 0.493 e. The first kappa shape index (κ1) is 18.6. The van der Waals surface area contributed by atoms with Crippen molar-refractivity contribution in [3.63, 3.8) is 0 Å². The van der Waals surface area contributed by atoms with Crippen LogP contribution in [0.25, 0.3) is 11.0 Å². The number of fused-ring (bicyclic) bond motifs is 4. The van der Waals surface area contributed by atoms with Crippen LogP contribution in [0, 0.1) is 11.3 Å². The highest BCUT2D eigenvalue weighted by Crippen LogP contribution is 2.66. The van der Waals surface area contributed by atoms with Gasteiger partial charge in [0.25, 0.3) is 0 Å². The van der Waals surface area contributed by atoms with E-state index in [0.717, 1.165) is 41.3 Å². The highest BCUT2D eigenvalue weighted by atomic mass is 32.2. The zero-order valence-electron chi connectivity index (χ0n) is 16.3. The van der Waals surface area contributed by atoms with Gasteiger partial charge in [-0.05, 0) is 48.6 Å². The van der Waals surface area contributed by atoms with E-state index in [1.165, 1.54) is 0 Å². The molecule has 2 spiro atoms. The van der Waals surface area contributed by atoms with E-state index in [2.05, 4.69) is 16.9 Å². The summed E-state index contributed by atoms with van der Waals surface area (Å²) in [5, 5.41) is 11.5. The van der Waals surface area contributed by atoms with Crippen LogP contribution < -0.4 is 5.46 Å². The molecule has 9 heteroatoms. The van der Waals surface area contributed by atoms with Gasteiger partial charge in [-0.1, -0.05) is 13.8 Å². The molecule has 150 valence electrons. The van der Waals surface area contributed by atoms with Gasteiger partial charge in [0, 0.05) is 36.3 Å². The molecule has 7 nitrogen and oxygen atoms in total. The van der Waals surface area contributed by atoms with Gasteiger partial charge in [0.05, 0.1) is 11.4 Å². The Kier molecular flexibility index (Phi) is 4.02. The molecular weight excluding hydrogens is 377 g/mol. The molecular formula is C19H26BN3O4S. The Labute approximate surface area is 165 Å². The standard InChI is InChI=1S/C19H26BN3O4S/c1-3-10-28(25,26)23-8-5-18(6-9-23)12-19(13(18)2)16-14-4-7-21-17(14)22-11-15(16)20(24)27-19/h4,7,11,13,24H,3,5-6,8-10,12H2,1-2H3,(H,21,22). The van der Waals surface area contributed by atoms with Crippen LogP contribution in [0.2, 0.25) is 0 Å². The Bertz CT molecular complexity index is 1030. The fourth-order valence-corrected chi connectivity index (χ4v) is 7.37. The molecule has 1 saturated heterocycles. The first-order valence-electron chi connectivity index (χ1n) is 10.1. The summed E-state index contributed by atoms with van der Waals surface area (Å²) in [5.74, 6) is 0.424. The minimum Gasteiger partial charge on any atom is -0.423 e. The lowest BCUT2D eigenvalue weighted by atomic mass is 9.47. The van der Waals surface area contributed by atoms with Crippen molar-refractivity contribution in [1.29, 1.82) is 0 Å². The van der Waals surface area contributed by atoms with Gasteiger partial charge in [-0.3, -0.25) is 0 Å². The quantitative estimate of drug-likeness (QED) is 0.755. The predicted octanol–water partition coefficient (Wildman–Crippen LogP) is 1.34. The van der Waals surface area contributed by atoms with Crippen molar-refractivity contribution in [1.82, 2.24) is 14.3 Å². The van der Waals surface area contributed by atoms with Crippen molar-refractivity contribution >= 4 is 33.6 Å². The molecule has 2 N–H and O–H groups in total. The van der Waals surface area contributed by atoms with E-state index in [-0.39, 0.29) is 17.1 Å². The van der Waals surface area contributed by atoms with Crippen LogP contribution >= 0.6 is 0 Å². The molecule has 1 aliphatic carbocycles. The number of nitrogens with zero attached hydrogens (tertiary/aromatic N) is 2. The van der Waals surface area contributed by atoms with Crippen molar-refractivity contribution in [3.05, 3.63) is 24.0 Å². The fraction of sp³-hybridized carbons (Fsp3) is 0.632. The molecule has 4 heterocycles. The second-order valence-electron chi connectivity index (χ2n) is 8.66. The molecule has 2 unspecified atom stereocenters. The molecule has 2 aromatic rings. The van der Waals surface area contributed by atoms with Gasteiger partial charge in [-0.2, -0.15) is 0 Å². The van der Waals surface area contributed by atoms with Gasteiger partial charge in [-0.15, -0.1) is 0 Å². The molecule has 0 radical (unpaired) electrons. The van der Waals surface area contributed by atoms with Crippen molar-refractivity contribution < 1.29 is 18.1 Å². The molecule has 28 heavy (non-hydrogen) atoms. The molecule has 5 rings (SSSR count). The number of hydrogen-bond acceptors (Lipinski definition) is 5. The van der Waals surface area contributed by atoms with Crippen LogP contribution in [0.3, 0.4) is 0 Å². The third kappa shape index (κ3) is 2.33. The number of pyridine rings is 1. The number of hydrogen-bond donors (Lipinski definition) is 2. The molecule has 0 bridgehead atoms. The summed E-state index contributed by atoms with van der Waals surface area (Å²) >= 11 is 0. The predicted molar refractivity (Wildman–Crippen MR) is 108 cm³/mol. The highest BCUT2D eigenvalue weighted by Gasteiger charge is 2.67. The SMILES string of the molecule is CCCS(=O)(=O)N1CCC2(CC1)CC1(OB(O)c3cnc4[nH]ccc4c31)C2C. The zero-order valence-corrected chi connectivity index (χ0v) is 17.1. The number of aromatic nitrogens is 2. The van der Waals surface area contributed by atoms with Crippen molar-refractivity contribution in [2.75, 3.05) is 18.8 Å². The van der Waals surface area contributed by atoms with E-state index in [1.54, 1.807) is 10.5 Å². The summed E-state index contributed by atoms with van der Waals surface area (Å²) in [5.41, 5.74) is 2.18. The van der Waals surface area contributed by atoms with E-state index in [9.17, 15) is 13.4 Å². The van der Waals surface area contributed by atoms with Gasteiger partial charge < -0.3 is 14.7 Å². The molecule has 2 aliphatic heterocycles. The summed E-state index contributed by atoms with van der Waals surface area (Å²) in [7, 11) is -4.09. The average molecular weight is 403 g/mol. The van der Waals surface area contributed by atoms with E-state index in [1.807, 2.05) is 19.2 Å². The number of nitrogens with one attached hydrogen (secondary N) is 1. The molecule has 2 atom stereocenters. The van der Waals surface area contributed by atoms with Gasteiger partial charge >= 0.3 is 7.12 Å². The Balaban J connectivity index is 1.43. The summed E-state index contributed by atoms with van der Waals surface area (Å²) in [6.07, 6.45) is 6.73. The van der Waals surface area contributed by atoms with E-state index >= 15 is 0 Å². The highest BCUT2D eigenvalue weighted by molar-refractivity contribution is 7.89. The van der Waals surface area contributed by atoms with Gasteiger partial charge in [0.1, 0.15) is 5.65 Å². The normalized spacial score (nSPS) is 29.5. The van der Waals surface area contributed by atoms with Gasteiger partial charge in [0.15, 0.2) is 0 Å². The molecule has 3 aliphatic rings. The molecule has 0 amide bonds. The van der Waals surface area contributed by atoms with Crippen molar-refractivity contribution in [3.8, 4) is 0 Å². The number of rotatable bonds is 3. The first-order valence-corrected chi connectivity index (χ1v) is 11.7. The topological polar surface area (TPSA) is 95.5 Å². The lowest BCUT2D eigenvalue weighted by molar-refractivity contribution is -0.192. The average Bonchev–Trinajstić information content (AvgIpc) is 3.25. The van der Waals surface area contributed by atoms with E-state index in [4.69, 9.17) is 4.65 Å². The minimum atomic E-state index is -3.14. The summed E-state index contributed by atoms with van der Waals surface area (Å²) < 4.78 is 32.7. The smallest absolute Gasteiger partial charge is 0.423 e. The number of sulfonamides is 1. The van der Waals surface area contributed by atoms with Crippen LogP contribution in [0.15, 0.2) is 18.5 Å².